The molecule has 2 aromatic heterocycles. The maximum Gasteiger partial charge on any atom is 0.264 e. The van der Waals surface area contributed by atoms with Gasteiger partial charge in [0.2, 0.25) is 11.9 Å². The summed E-state index contributed by atoms with van der Waals surface area (Å²) in [6.07, 6.45) is 3.00. The topological polar surface area (TPSA) is 76.0 Å². The summed E-state index contributed by atoms with van der Waals surface area (Å²) in [6.45, 7) is 8.67. The molecule has 7 heteroatoms. The average Bonchev–Trinajstić information content (AvgIpc) is 3.06. The molecular weight excluding hydrogens is 396 g/mol. The van der Waals surface area contributed by atoms with E-state index in [1.54, 1.807) is 15.9 Å². The Bertz CT molecular complexity index is 1140. The zero-order valence-corrected chi connectivity index (χ0v) is 18.7. The number of nitrogens with one attached hydrogen (secondary N) is 2. The van der Waals surface area contributed by atoms with Crippen molar-refractivity contribution in [1.82, 2.24) is 15.0 Å². The molecule has 4 rings (SSSR count). The number of amides is 1. The maximum atomic E-state index is 13.6. The van der Waals surface area contributed by atoms with Crippen LogP contribution in [-0.2, 0) is 24.2 Å². The second-order valence-corrected chi connectivity index (χ2v) is 10.2. The molecule has 1 aliphatic carbocycles. The summed E-state index contributed by atoms with van der Waals surface area (Å²) < 4.78 is 1.62. The van der Waals surface area contributed by atoms with Gasteiger partial charge < -0.3 is 0 Å². The molecule has 0 saturated heterocycles. The second kappa shape index (κ2) is 7.87. The maximum absolute atomic E-state index is 13.6. The number of rotatable bonds is 4. The standard InChI is InChI=1S/C23H28N4O2S/c1-14(28)25-26-22-24-20-19(21(29)27(22)13-15-8-6-5-7-9-15)17-11-10-16(23(2,3)4)12-18(17)30-20/h5-9,16H,10-13H2,1-4H3,(H,24,26)(H,25,28)/t16-/m1/s1. The van der Waals surface area contributed by atoms with Gasteiger partial charge in [0.25, 0.3) is 5.56 Å². The first-order valence-corrected chi connectivity index (χ1v) is 11.2. The van der Waals surface area contributed by atoms with Crippen molar-refractivity contribution in [3.05, 3.63) is 56.7 Å². The van der Waals surface area contributed by atoms with E-state index in [1.165, 1.54) is 17.4 Å². The van der Waals surface area contributed by atoms with Crippen molar-refractivity contribution in [3.8, 4) is 0 Å². The lowest BCUT2D eigenvalue weighted by molar-refractivity contribution is -0.118. The molecule has 0 spiro atoms. The molecule has 0 radical (unpaired) electrons. The zero-order valence-electron chi connectivity index (χ0n) is 17.9. The fourth-order valence-electron chi connectivity index (χ4n) is 4.15. The molecule has 3 aromatic rings. The van der Waals surface area contributed by atoms with Gasteiger partial charge in [-0.2, -0.15) is 0 Å². The molecule has 0 saturated carbocycles. The van der Waals surface area contributed by atoms with Crippen molar-refractivity contribution in [3.63, 3.8) is 0 Å². The Labute approximate surface area is 180 Å². The zero-order chi connectivity index (χ0) is 21.5. The predicted octanol–water partition coefficient (Wildman–Crippen LogP) is 4.12. The van der Waals surface area contributed by atoms with Crippen LogP contribution in [0, 0.1) is 11.3 Å². The van der Waals surface area contributed by atoms with E-state index < -0.39 is 0 Å². The Hall–Kier alpha value is -2.67. The average molecular weight is 425 g/mol. The van der Waals surface area contributed by atoms with E-state index in [0.29, 0.717) is 18.4 Å². The van der Waals surface area contributed by atoms with E-state index >= 15 is 0 Å². The van der Waals surface area contributed by atoms with Crippen LogP contribution in [-0.4, -0.2) is 15.5 Å². The molecule has 1 aromatic carbocycles. The van der Waals surface area contributed by atoms with Crippen LogP contribution in [0.2, 0.25) is 0 Å². The number of hydrogen-bond donors (Lipinski definition) is 2. The van der Waals surface area contributed by atoms with E-state index in [4.69, 9.17) is 4.98 Å². The van der Waals surface area contributed by atoms with Crippen molar-refractivity contribution in [2.24, 2.45) is 11.3 Å². The van der Waals surface area contributed by atoms with Crippen LogP contribution in [0.3, 0.4) is 0 Å². The number of hydrogen-bond acceptors (Lipinski definition) is 5. The van der Waals surface area contributed by atoms with Gasteiger partial charge in [0.15, 0.2) is 0 Å². The van der Waals surface area contributed by atoms with Gasteiger partial charge in [0, 0.05) is 11.8 Å². The van der Waals surface area contributed by atoms with Gasteiger partial charge in [-0.15, -0.1) is 11.3 Å². The van der Waals surface area contributed by atoms with Crippen LogP contribution in [0.15, 0.2) is 35.1 Å². The Morgan fingerprint density at radius 2 is 2.00 bits per heavy atom. The third-order valence-electron chi connectivity index (χ3n) is 5.93. The Kier molecular flexibility index (Phi) is 5.40. The fraction of sp³-hybridized carbons (Fsp3) is 0.435. The molecule has 158 valence electrons. The van der Waals surface area contributed by atoms with Crippen molar-refractivity contribution in [2.45, 2.75) is 53.5 Å². The van der Waals surface area contributed by atoms with E-state index in [9.17, 15) is 9.59 Å². The minimum absolute atomic E-state index is 0.0524. The van der Waals surface area contributed by atoms with Crippen molar-refractivity contribution >= 4 is 33.4 Å². The highest BCUT2D eigenvalue weighted by Gasteiger charge is 2.32. The molecule has 6 nitrogen and oxygen atoms in total. The summed E-state index contributed by atoms with van der Waals surface area (Å²) in [5.74, 6) is 0.716. The van der Waals surface area contributed by atoms with Crippen molar-refractivity contribution in [2.75, 3.05) is 5.43 Å². The lowest BCUT2D eigenvalue weighted by Crippen LogP contribution is -2.33. The highest BCUT2D eigenvalue weighted by Crippen LogP contribution is 2.42. The number of aromatic nitrogens is 2. The molecule has 30 heavy (non-hydrogen) atoms. The quantitative estimate of drug-likeness (QED) is 0.618. The molecule has 1 amide bonds. The van der Waals surface area contributed by atoms with Crippen LogP contribution < -0.4 is 16.4 Å². The van der Waals surface area contributed by atoms with Crippen molar-refractivity contribution < 1.29 is 4.79 Å². The van der Waals surface area contributed by atoms with E-state index in [0.717, 1.165) is 35.0 Å². The van der Waals surface area contributed by atoms with E-state index in [1.807, 2.05) is 30.3 Å². The number of carbonyl (C=O) groups excluding carboxylic acids is 1. The molecule has 1 atom stereocenters. The van der Waals surface area contributed by atoms with Crippen molar-refractivity contribution in [1.29, 1.82) is 0 Å². The number of fused-ring (bicyclic) bond motifs is 3. The SMILES string of the molecule is CC(=O)NNc1nc2sc3c(c2c(=O)n1Cc1ccccc1)CC[C@@H](C(C)(C)C)C3. The minimum Gasteiger partial charge on any atom is -0.274 e. The largest absolute Gasteiger partial charge is 0.274 e. The van der Waals surface area contributed by atoms with Gasteiger partial charge in [-0.05, 0) is 41.7 Å². The molecule has 1 aliphatic rings. The molecule has 0 bridgehead atoms. The number of thiophene rings is 1. The molecule has 0 fully saturated rings. The predicted molar refractivity (Wildman–Crippen MR) is 122 cm³/mol. The van der Waals surface area contributed by atoms with Crippen LogP contribution in [0.25, 0.3) is 10.2 Å². The first kappa shape index (κ1) is 20.6. The Morgan fingerprint density at radius 1 is 1.27 bits per heavy atom. The number of aryl methyl sites for hydroxylation is 1. The molecule has 0 aliphatic heterocycles. The lowest BCUT2D eigenvalue weighted by atomic mass is 9.72. The first-order valence-electron chi connectivity index (χ1n) is 10.4. The molecule has 2 N–H and O–H groups in total. The smallest absolute Gasteiger partial charge is 0.264 e. The summed E-state index contributed by atoms with van der Waals surface area (Å²) in [4.78, 5) is 31.8. The summed E-state index contributed by atoms with van der Waals surface area (Å²) >= 11 is 1.62. The summed E-state index contributed by atoms with van der Waals surface area (Å²) in [6, 6.07) is 9.81. The number of anilines is 1. The normalized spacial score (nSPS) is 16.3. The number of nitrogens with zero attached hydrogens (tertiary/aromatic N) is 2. The number of carbonyl (C=O) groups is 1. The monoisotopic (exact) mass is 424 g/mol. The Balaban J connectivity index is 1.82. The number of benzene rings is 1. The van der Waals surface area contributed by atoms with Gasteiger partial charge >= 0.3 is 0 Å². The molecule has 2 heterocycles. The first-order chi connectivity index (χ1) is 14.2. The Morgan fingerprint density at radius 3 is 2.67 bits per heavy atom. The summed E-state index contributed by atoms with van der Waals surface area (Å²) in [5.41, 5.74) is 7.76. The summed E-state index contributed by atoms with van der Waals surface area (Å²) in [5, 5.41) is 0.742. The molecule has 0 unspecified atom stereocenters. The second-order valence-electron chi connectivity index (χ2n) is 9.11. The van der Waals surface area contributed by atoms with Crippen LogP contribution in [0.5, 0.6) is 0 Å². The molecular formula is C23H28N4O2S. The van der Waals surface area contributed by atoms with Crippen LogP contribution in [0.1, 0.15) is 50.1 Å². The minimum atomic E-state index is -0.242. The number of hydrazine groups is 1. The highest BCUT2D eigenvalue weighted by molar-refractivity contribution is 7.18. The third kappa shape index (κ3) is 3.99. The van der Waals surface area contributed by atoms with Crippen LogP contribution in [0.4, 0.5) is 5.95 Å². The van der Waals surface area contributed by atoms with Gasteiger partial charge in [-0.1, -0.05) is 51.1 Å². The van der Waals surface area contributed by atoms with Gasteiger partial charge in [-0.25, -0.2) is 4.98 Å². The van der Waals surface area contributed by atoms with Crippen LogP contribution >= 0.6 is 11.3 Å². The third-order valence-corrected chi connectivity index (χ3v) is 7.08. The lowest BCUT2D eigenvalue weighted by Gasteiger charge is -2.33. The van der Waals surface area contributed by atoms with Gasteiger partial charge in [-0.3, -0.25) is 25.0 Å². The van der Waals surface area contributed by atoms with E-state index in [-0.39, 0.29) is 16.9 Å². The van der Waals surface area contributed by atoms with Gasteiger partial charge in [0.05, 0.1) is 11.9 Å². The fourth-order valence-corrected chi connectivity index (χ4v) is 5.44. The van der Waals surface area contributed by atoms with Gasteiger partial charge in [0.1, 0.15) is 4.83 Å². The van der Waals surface area contributed by atoms with E-state index in [2.05, 4.69) is 31.6 Å². The summed E-state index contributed by atoms with van der Waals surface area (Å²) in [7, 11) is 0. The highest BCUT2D eigenvalue weighted by atomic mass is 32.1.